The van der Waals surface area contributed by atoms with Crippen LogP contribution in [0.5, 0.6) is 0 Å². The maximum absolute atomic E-state index is 12.0. The van der Waals surface area contributed by atoms with Crippen LogP contribution >= 0.6 is 24.2 Å². The van der Waals surface area contributed by atoms with Crippen LogP contribution < -0.4 is 11.1 Å². The molecule has 1 aromatic rings. The van der Waals surface area contributed by atoms with Gasteiger partial charge in [0.05, 0.1) is 12.6 Å². The lowest BCUT2D eigenvalue weighted by Crippen LogP contribution is -2.40. The summed E-state index contributed by atoms with van der Waals surface area (Å²) >= 11 is 1.63. The molecule has 21 heavy (non-hydrogen) atoms. The van der Waals surface area contributed by atoms with Gasteiger partial charge in [-0.3, -0.25) is 4.79 Å². The van der Waals surface area contributed by atoms with Crippen molar-refractivity contribution in [2.45, 2.75) is 32.1 Å². The SMILES string of the molecule is CCC(C)C(N)C(=O)Nc1cc(CSCCO)ccn1.Cl. The number of anilines is 1. The van der Waals surface area contributed by atoms with Crippen molar-refractivity contribution in [1.82, 2.24) is 4.98 Å². The highest BCUT2D eigenvalue weighted by Gasteiger charge is 2.19. The van der Waals surface area contributed by atoms with Crippen LogP contribution in [-0.2, 0) is 10.5 Å². The van der Waals surface area contributed by atoms with Gasteiger partial charge in [0.2, 0.25) is 5.91 Å². The van der Waals surface area contributed by atoms with Gasteiger partial charge in [0.15, 0.2) is 0 Å². The van der Waals surface area contributed by atoms with Crippen molar-refractivity contribution in [2.75, 3.05) is 17.7 Å². The minimum absolute atomic E-state index is 0. The van der Waals surface area contributed by atoms with E-state index in [-0.39, 0.29) is 30.8 Å². The van der Waals surface area contributed by atoms with Gasteiger partial charge < -0.3 is 16.2 Å². The molecule has 120 valence electrons. The van der Waals surface area contributed by atoms with Gasteiger partial charge in [-0.15, -0.1) is 12.4 Å². The van der Waals surface area contributed by atoms with Gasteiger partial charge in [0.25, 0.3) is 0 Å². The molecule has 0 bridgehead atoms. The second kappa shape index (κ2) is 10.8. The minimum Gasteiger partial charge on any atom is -0.396 e. The Bertz CT molecular complexity index is 434. The lowest BCUT2D eigenvalue weighted by molar-refractivity contribution is -0.118. The van der Waals surface area contributed by atoms with E-state index in [9.17, 15) is 4.79 Å². The monoisotopic (exact) mass is 333 g/mol. The van der Waals surface area contributed by atoms with Gasteiger partial charge in [0, 0.05) is 17.7 Å². The molecule has 0 aliphatic heterocycles. The Labute approximate surface area is 136 Å². The van der Waals surface area contributed by atoms with E-state index in [0.717, 1.165) is 17.7 Å². The molecule has 0 aliphatic rings. The molecule has 0 saturated carbocycles. The molecule has 1 heterocycles. The summed E-state index contributed by atoms with van der Waals surface area (Å²) in [7, 11) is 0. The molecule has 0 aliphatic carbocycles. The van der Waals surface area contributed by atoms with Crippen LogP contribution in [0, 0.1) is 5.92 Å². The fourth-order valence-electron chi connectivity index (χ4n) is 1.61. The lowest BCUT2D eigenvalue weighted by atomic mass is 9.99. The number of aliphatic hydroxyl groups excluding tert-OH is 1. The van der Waals surface area contributed by atoms with Crippen LogP contribution in [0.15, 0.2) is 18.3 Å². The topological polar surface area (TPSA) is 88.2 Å². The number of hydrogen-bond acceptors (Lipinski definition) is 5. The van der Waals surface area contributed by atoms with Gasteiger partial charge in [-0.2, -0.15) is 11.8 Å². The third-order valence-corrected chi connectivity index (χ3v) is 4.15. The van der Waals surface area contributed by atoms with E-state index in [4.69, 9.17) is 10.8 Å². The summed E-state index contributed by atoms with van der Waals surface area (Å²) in [6, 6.07) is 3.22. The van der Waals surface area contributed by atoms with Crippen molar-refractivity contribution in [3.63, 3.8) is 0 Å². The summed E-state index contributed by atoms with van der Waals surface area (Å²) in [5, 5.41) is 11.5. The van der Waals surface area contributed by atoms with E-state index in [1.807, 2.05) is 26.0 Å². The zero-order valence-electron chi connectivity index (χ0n) is 12.4. The predicted molar refractivity (Wildman–Crippen MR) is 90.8 cm³/mol. The highest BCUT2D eigenvalue weighted by atomic mass is 35.5. The smallest absolute Gasteiger partial charge is 0.242 e. The molecule has 7 heteroatoms. The van der Waals surface area contributed by atoms with Crippen molar-refractivity contribution in [3.8, 4) is 0 Å². The Morgan fingerprint density at radius 3 is 2.90 bits per heavy atom. The lowest BCUT2D eigenvalue weighted by Gasteiger charge is -2.17. The summed E-state index contributed by atoms with van der Waals surface area (Å²) in [6.07, 6.45) is 2.53. The third kappa shape index (κ3) is 7.13. The first-order chi connectivity index (χ1) is 9.58. The van der Waals surface area contributed by atoms with Crippen molar-refractivity contribution < 1.29 is 9.90 Å². The van der Waals surface area contributed by atoms with Crippen LogP contribution in [0.2, 0.25) is 0 Å². The number of thioether (sulfide) groups is 1. The molecule has 0 aromatic carbocycles. The summed E-state index contributed by atoms with van der Waals surface area (Å²) in [5.41, 5.74) is 6.94. The van der Waals surface area contributed by atoms with E-state index in [1.54, 1.807) is 18.0 Å². The second-order valence-electron chi connectivity index (χ2n) is 4.73. The number of hydrogen-bond donors (Lipinski definition) is 3. The maximum Gasteiger partial charge on any atom is 0.242 e. The molecule has 0 radical (unpaired) electrons. The maximum atomic E-state index is 12.0. The molecule has 0 spiro atoms. The van der Waals surface area contributed by atoms with Gasteiger partial charge in [-0.05, 0) is 23.6 Å². The first-order valence-electron chi connectivity index (χ1n) is 6.78. The molecule has 1 amide bonds. The second-order valence-corrected chi connectivity index (χ2v) is 5.83. The number of carbonyl (C=O) groups is 1. The molecule has 1 aromatic heterocycles. The van der Waals surface area contributed by atoms with E-state index < -0.39 is 6.04 Å². The number of rotatable bonds is 8. The Morgan fingerprint density at radius 1 is 1.57 bits per heavy atom. The average Bonchev–Trinajstić information content (AvgIpc) is 2.46. The quantitative estimate of drug-likeness (QED) is 0.634. The number of nitrogens with two attached hydrogens (primary N) is 1. The molecule has 2 atom stereocenters. The number of nitrogens with zero attached hydrogens (tertiary/aromatic N) is 1. The molecule has 5 nitrogen and oxygen atoms in total. The summed E-state index contributed by atoms with van der Waals surface area (Å²) < 4.78 is 0. The number of halogens is 1. The van der Waals surface area contributed by atoms with Crippen molar-refractivity contribution in [1.29, 1.82) is 0 Å². The molecular formula is C14H24ClN3O2S. The van der Waals surface area contributed by atoms with Crippen LogP contribution in [-0.4, -0.2) is 34.4 Å². The van der Waals surface area contributed by atoms with Crippen LogP contribution in [0.1, 0.15) is 25.8 Å². The first kappa shape index (κ1) is 20.2. The largest absolute Gasteiger partial charge is 0.396 e. The fraction of sp³-hybridized carbons (Fsp3) is 0.571. The van der Waals surface area contributed by atoms with Crippen molar-refractivity contribution >= 4 is 35.9 Å². The number of aliphatic hydroxyl groups is 1. The number of amides is 1. The Morgan fingerprint density at radius 2 is 2.29 bits per heavy atom. The van der Waals surface area contributed by atoms with Crippen molar-refractivity contribution in [3.05, 3.63) is 23.9 Å². The predicted octanol–water partition coefficient (Wildman–Crippen LogP) is 2.04. The Kier molecular flexibility index (Phi) is 10.4. The van der Waals surface area contributed by atoms with E-state index in [2.05, 4.69) is 10.3 Å². The van der Waals surface area contributed by atoms with Gasteiger partial charge >= 0.3 is 0 Å². The van der Waals surface area contributed by atoms with Gasteiger partial charge in [0.1, 0.15) is 5.82 Å². The van der Waals surface area contributed by atoms with E-state index in [1.165, 1.54) is 0 Å². The first-order valence-corrected chi connectivity index (χ1v) is 7.94. The number of carbonyl (C=O) groups excluding carboxylic acids is 1. The van der Waals surface area contributed by atoms with Crippen molar-refractivity contribution in [2.24, 2.45) is 11.7 Å². The summed E-state index contributed by atoms with van der Waals surface area (Å²) in [6.45, 7) is 4.14. The average molecular weight is 334 g/mol. The molecule has 1 rings (SSSR count). The number of aromatic nitrogens is 1. The molecule has 4 N–H and O–H groups in total. The molecular weight excluding hydrogens is 310 g/mol. The van der Waals surface area contributed by atoms with Gasteiger partial charge in [-0.1, -0.05) is 20.3 Å². The van der Waals surface area contributed by atoms with Gasteiger partial charge in [-0.25, -0.2) is 4.98 Å². The van der Waals surface area contributed by atoms with Crippen LogP contribution in [0.4, 0.5) is 5.82 Å². The fourth-order valence-corrected chi connectivity index (χ4v) is 2.30. The molecule has 0 fully saturated rings. The summed E-state index contributed by atoms with van der Waals surface area (Å²) in [4.78, 5) is 16.1. The normalized spacial score (nSPS) is 13.1. The van der Waals surface area contributed by atoms with Crippen LogP contribution in [0.25, 0.3) is 0 Å². The Balaban J connectivity index is 0.00000400. The summed E-state index contributed by atoms with van der Waals surface area (Å²) in [5.74, 6) is 1.94. The van der Waals surface area contributed by atoms with E-state index >= 15 is 0 Å². The zero-order chi connectivity index (χ0) is 15.0. The number of pyridine rings is 1. The standard InChI is InChI=1S/C14H23N3O2S.ClH/c1-3-10(2)13(15)14(19)17-12-8-11(4-5-16-12)9-20-7-6-18;/h4-5,8,10,13,18H,3,6-7,9,15H2,1-2H3,(H,16,17,19);1H. The van der Waals surface area contributed by atoms with Crippen LogP contribution in [0.3, 0.4) is 0 Å². The minimum atomic E-state index is -0.519. The van der Waals surface area contributed by atoms with E-state index in [0.29, 0.717) is 11.6 Å². The Hall–Kier alpha value is -0.820. The highest BCUT2D eigenvalue weighted by Crippen LogP contribution is 2.15. The third-order valence-electron chi connectivity index (χ3n) is 3.14. The molecule has 0 saturated heterocycles. The zero-order valence-corrected chi connectivity index (χ0v) is 14.0. The number of nitrogens with one attached hydrogen (secondary N) is 1. The molecule has 2 unspecified atom stereocenters. The highest BCUT2D eigenvalue weighted by molar-refractivity contribution is 7.98.